The minimum absolute atomic E-state index is 0.328. The summed E-state index contributed by atoms with van der Waals surface area (Å²) in [7, 11) is 3.12. The van der Waals surface area contributed by atoms with Crippen molar-refractivity contribution in [3.63, 3.8) is 0 Å². The SMILES string of the molecule is CCOc1ccc(/C=N/OC(C)C(=O)Nc2cc(C)ccc2OC)cc1OC. The van der Waals surface area contributed by atoms with Crippen LogP contribution in [0.25, 0.3) is 0 Å². The molecule has 0 aliphatic heterocycles. The summed E-state index contributed by atoms with van der Waals surface area (Å²) in [4.78, 5) is 17.6. The number of anilines is 1. The zero-order valence-corrected chi connectivity index (χ0v) is 16.8. The molecule has 0 heterocycles. The minimum atomic E-state index is -0.786. The van der Waals surface area contributed by atoms with Crippen molar-refractivity contribution in [3.8, 4) is 17.2 Å². The van der Waals surface area contributed by atoms with Crippen molar-refractivity contribution in [2.75, 3.05) is 26.1 Å². The van der Waals surface area contributed by atoms with Crippen LogP contribution in [-0.4, -0.2) is 39.1 Å². The Hall–Kier alpha value is -3.22. The topological polar surface area (TPSA) is 78.4 Å². The van der Waals surface area contributed by atoms with Gasteiger partial charge >= 0.3 is 0 Å². The molecule has 0 radical (unpaired) electrons. The van der Waals surface area contributed by atoms with Gasteiger partial charge in [0.15, 0.2) is 11.5 Å². The summed E-state index contributed by atoms with van der Waals surface area (Å²) < 4.78 is 16.0. The molecule has 28 heavy (non-hydrogen) atoms. The van der Waals surface area contributed by atoms with Gasteiger partial charge in [0.25, 0.3) is 5.91 Å². The van der Waals surface area contributed by atoms with Crippen LogP contribution in [0.1, 0.15) is 25.0 Å². The number of aryl methyl sites for hydroxylation is 1. The normalized spacial score (nSPS) is 11.8. The molecule has 1 unspecified atom stereocenters. The molecule has 1 amide bonds. The summed E-state index contributed by atoms with van der Waals surface area (Å²) in [6, 6.07) is 10.9. The Morgan fingerprint density at radius 3 is 2.50 bits per heavy atom. The quantitative estimate of drug-likeness (QED) is 0.524. The van der Waals surface area contributed by atoms with Gasteiger partial charge in [-0.3, -0.25) is 4.79 Å². The zero-order valence-electron chi connectivity index (χ0n) is 16.8. The van der Waals surface area contributed by atoms with Crippen LogP contribution < -0.4 is 19.5 Å². The van der Waals surface area contributed by atoms with Crippen molar-refractivity contribution < 1.29 is 23.8 Å². The maximum Gasteiger partial charge on any atom is 0.268 e. The van der Waals surface area contributed by atoms with E-state index in [-0.39, 0.29) is 5.91 Å². The second-order valence-corrected chi connectivity index (χ2v) is 6.02. The van der Waals surface area contributed by atoms with Gasteiger partial charge in [-0.2, -0.15) is 0 Å². The Bertz CT molecular complexity index is 836. The summed E-state index contributed by atoms with van der Waals surface area (Å²) in [5.41, 5.74) is 2.35. The molecule has 2 aromatic carbocycles. The Labute approximate surface area is 165 Å². The van der Waals surface area contributed by atoms with Gasteiger partial charge in [0, 0.05) is 5.56 Å². The molecule has 0 bridgehead atoms. The summed E-state index contributed by atoms with van der Waals surface area (Å²) in [6.07, 6.45) is 0.723. The van der Waals surface area contributed by atoms with Crippen molar-refractivity contribution in [2.45, 2.75) is 26.9 Å². The number of amides is 1. The van der Waals surface area contributed by atoms with Crippen molar-refractivity contribution in [3.05, 3.63) is 47.5 Å². The van der Waals surface area contributed by atoms with Gasteiger partial charge in [-0.15, -0.1) is 0 Å². The highest BCUT2D eigenvalue weighted by atomic mass is 16.6. The van der Waals surface area contributed by atoms with E-state index in [2.05, 4.69) is 10.5 Å². The van der Waals surface area contributed by atoms with Crippen molar-refractivity contribution in [1.29, 1.82) is 0 Å². The number of ether oxygens (including phenoxy) is 3. The van der Waals surface area contributed by atoms with Crippen LogP contribution in [0.2, 0.25) is 0 Å². The lowest BCUT2D eigenvalue weighted by atomic mass is 10.2. The van der Waals surface area contributed by atoms with Crippen molar-refractivity contribution in [2.24, 2.45) is 5.16 Å². The predicted molar refractivity (Wildman–Crippen MR) is 109 cm³/mol. The minimum Gasteiger partial charge on any atom is -0.495 e. The highest BCUT2D eigenvalue weighted by Crippen LogP contribution is 2.27. The van der Waals surface area contributed by atoms with Crippen LogP contribution in [-0.2, 0) is 9.63 Å². The number of nitrogens with zero attached hydrogens (tertiary/aromatic N) is 1. The Kier molecular flexibility index (Phi) is 7.68. The summed E-state index contributed by atoms with van der Waals surface area (Å²) >= 11 is 0. The Balaban J connectivity index is 1.98. The lowest BCUT2D eigenvalue weighted by Gasteiger charge is -2.14. The van der Waals surface area contributed by atoms with Gasteiger partial charge in [0.05, 0.1) is 32.7 Å². The molecule has 0 aliphatic rings. The van der Waals surface area contributed by atoms with Crippen LogP contribution in [0.15, 0.2) is 41.6 Å². The summed E-state index contributed by atoms with van der Waals surface area (Å²) in [5.74, 6) is 1.51. The molecule has 0 saturated heterocycles. The number of hydrogen-bond donors (Lipinski definition) is 1. The number of carbonyl (C=O) groups is 1. The first-order chi connectivity index (χ1) is 13.5. The number of methoxy groups -OCH3 is 2. The molecule has 2 rings (SSSR count). The maximum absolute atomic E-state index is 12.3. The van der Waals surface area contributed by atoms with Crippen molar-refractivity contribution >= 4 is 17.8 Å². The fraction of sp³-hybridized carbons (Fsp3) is 0.333. The van der Waals surface area contributed by atoms with Gasteiger partial charge in [-0.05, 0) is 56.7 Å². The van der Waals surface area contributed by atoms with Crippen molar-refractivity contribution in [1.82, 2.24) is 0 Å². The van der Waals surface area contributed by atoms with Crippen LogP contribution >= 0.6 is 0 Å². The second-order valence-electron chi connectivity index (χ2n) is 6.02. The Morgan fingerprint density at radius 1 is 1.11 bits per heavy atom. The monoisotopic (exact) mass is 386 g/mol. The van der Waals surface area contributed by atoms with Gasteiger partial charge in [-0.25, -0.2) is 0 Å². The molecule has 7 heteroatoms. The standard InChI is InChI=1S/C21H26N2O5/c1-6-27-19-10-8-16(12-20(19)26-5)13-22-28-15(3)21(24)23-17-11-14(2)7-9-18(17)25-4/h7-13,15H,6H2,1-5H3,(H,23,24)/b22-13+. The molecule has 2 aromatic rings. The van der Waals surface area contributed by atoms with E-state index in [1.807, 2.05) is 32.0 Å². The molecule has 0 saturated carbocycles. The molecular formula is C21H26N2O5. The molecule has 0 aromatic heterocycles. The molecular weight excluding hydrogens is 360 g/mol. The van der Waals surface area contributed by atoms with E-state index in [9.17, 15) is 4.79 Å². The number of rotatable bonds is 9. The average molecular weight is 386 g/mol. The lowest BCUT2D eigenvalue weighted by molar-refractivity contribution is -0.126. The van der Waals surface area contributed by atoms with Gasteiger partial charge in [0.1, 0.15) is 5.75 Å². The van der Waals surface area contributed by atoms with E-state index in [1.165, 1.54) is 6.21 Å². The molecule has 150 valence electrons. The smallest absolute Gasteiger partial charge is 0.268 e. The Morgan fingerprint density at radius 2 is 1.82 bits per heavy atom. The first-order valence-corrected chi connectivity index (χ1v) is 8.94. The van der Waals surface area contributed by atoms with E-state index in [0.29, 0.717) is 29.5 Å². The first kappa shape index (κ1) is 21.1. The average Bonchev–Trinajstić information content (AvgIpc) is 2.69. The van der Waals surface area contributed by atoms with Gasteiger partial charge in [-0.1, -0.05) is 11.2 Å². The predicted octanol–water partition coefficient (Wildman–Crippen LogP) is 3.79. The number of nitrogens with one attached hydrogen (secondary N) is 1. The van der Waals surface area contributed by atoms with Gasteiger partial charge in [0.2, 0.25) is 6.10 Å². The third-order valence-corrected chi connectivity index (χ3v) is 3.89. The van der Waals surface area contributed by atoms with Crippen LogP contribution in [0.4, 0.5) is 5.69 Å². The van der Waals surface area contributed by atoms with Crippen LogP contribution in [0, 0.1) is 6.92 Å². The fourth-order valence-corrected chi connectivity index (χ4v) is 2.42. The molecule has 0 aliphatic carbocycles. The second kappa shape index (κ2) is 10.2. The number of carbonyl (C=O) groups excluding carboxylic acids is 1. The van der Waals surface area contributed by atoms with Crippen LogP contribution in [0.3, 0.4) is 0 Å². The van der Waals surface area contributed by atoms with E-state index < -0.39 is 6.10 Å². The highest BCUT2D eigenvalue weighted by molar-refractivity contribution is 5.95. The first-order valence-electron chi connectivity index (χ1n) is 8.94. The third-order valence-electron chi connectivity index (χ3n) is 3.89. The van der Waals surface area contributed by atoms with E-state index in [1.54, 1.807) is 39.3 Å². The van der Waals surface area contributed by atoms with E-state index in [4.69, 9.17) is 19.0 Å². The molecule has 7 nitrogen and oxygen atoms in total. The highest BCUT2D eigenvalue weighted by Gasteiger charge is 2.16. The van der Waals surface area contributed by atoms with E-state index in [0.717, 1.165) is 11.1 Å². The molecule has 0 fully saturated rings. The number of benzene rings is 2. The summed E-state index contributed by atoms with van der Waals surface area (Å²) in [5, 5.41) is 6.69. The van der Waals surface area contributed by atoms with Crippen LogP contribution in [0.5, 0.6) is 17.2 Å². The number of oxime groups is 1. The fourth-order valence-electron chi connectivity index (χ4n) is 2.42. The third kappa shape index (κ3) is 5.64. The molecule has 1 N–H and O–H groups in total. The maximum atomic E-state index is 12.3. The van der Waals surface area contributed by atoms with E-state index >= 15 is 0 Å². The number of hydrogen-bond acceptors (Lipinski definition) is 6. The van der Waals surface area contributed by atoms with Gasteiger partial charge < -0.3 is 24.4 Å². The lowest BCUT2D eigenvalue weighted by Crippen LogP contribution is -2.26. The molecule has 0 spiro atoms. The summed E-state index contributed by atoms with van der Waals surface area (Å²) in [6.45, 7) is 6.00. The zero-order chi connectivity index (χ0) is 20.5. The largest absolute Gasteiger partial charge is 0.495 e. The molecule has 1 atom stereocenters.